The average molecular weight is 413 g/mol. The molecular weight excluding hydrogens is 395 g/mol. The maximum atomic E-state index is 13.7. The molecule has 0 aliphatic carbocycles. The molecule has 7 nitrogen and oxygen atoms in total. The molecule has 0 aliphatic heterocycles. The Morgan fingerprint density at radius 3 is 2.72 bits per heavy atom. The summed E-state index contributed by atoms with van der Waals surface area (Å²) in [6.07, 6.45) is 3.68. The van der Waals surface area contributed by atoms with E-state index in [9.17, 15) is 9.18 Å². The second-order valence-corrected chi connectivity index (χ2v) is 6.33. The van der Waals surface area contributed by atoms with Crippen molar-refractivity contribution in [2.45, 2.75) is 12.5 Å². The number of carbonyl (C=O) groups excluding carboxylic acids is 1. The number of carbonyl (C=O) groups is 1. The topological polar surface area (TPSA) is 113 Å². The summed E-state index contributed by atoms with van der Waals surface area (Å²) in [7, 11) is 0. The van der Waals surface area contributed by atoms with Crippen LogP contribution in [0.15, 0.2) is 60.9 Å². The number of amides is 1. The van der Waals surface area contributed by atoms with Crippen molar-refractivity contribution in [3.63, 3.8) is 0 Å². The normalized spacial score (nSPS) is 11.8. The molecule has 1 atom stereocenters. The Hall–Kier alpha value is -3.36. The van der Waals surface area contributed by atoms with Gasteiger partial charge < -0.3 is 11.5 Å². The number of halogens is 2. The summed E-state index contributed by atoms with van der Waals surface area (Å²) in [5.74, 6) is -1.68. The Labute approximate surface area is 172 Å². The minimum absolute atomic E-state index is 0. The number of rotatable bonds is 5. The molecule has 0 unspecified atom stereocenters. The lowest BCUT2D eigenvalue weighted by Crippen LogP contribution is -2.20. The summed E-state index contributed by atoms with van der Waals surface area (Å²) in [4.78, 5) is 19.8. The predicted molar refractivity (Wildman–Crippen MR) is 109 cm³/mol. The fraction of sp³-hybridized carbons (Fsp3) is 0.100. The molecule has 3 aromatic heterocycles. The molecule has 0 spiro atoms. The smallest absolute Gasteiger partial charge is 0.270 e. The molecule has 0 fully saturated rings. The lowest BCUT2D eigenvalue weighted by molar-refractivity contribution is 0.0991. The van der Waals surface area contributed by atoms with Gasteiger partial charge in [0, 0.05) is 23.7 Å². The van der Waals surface area contributed by atoms with Crippen molar-refractivity contribution in [2.75, 3.05) is 0 Å². The van der Waals surface area contributed by atoms with Crippen molar-refractivity contribution in [3.05, 3.63) is 83.8 Å². The molecule has 0 saturated carbocycles. The molecule has 0 saturated heterocycles. The number of aromatic nitrogens is 4. The van der Waals surface area contributed by atoms with Crippen molar-refractivity contribution in [1.82, 2.24) is 19.7 Å². The first-order chi connectivity index (χ1) is 13.5. The summed E-state index contributed by atoms with van der Waals surface area (Å²) in [5.41, 5.74) is 13.9. The van der Waals surface area contributed by atoms with E-state index in [-0.39, 0.29) is 18.8 Å². The van der Waals surface area contributed by atoms with Crippen LogP contribution < -0.4 is 11.5 Å². The first-order valence-electron chi connectivity index (χ1n) is 8.63. The maximum Gasteiger partial charge on any atom is 0.270 e. The van der Waals surface area contributed by atoms with Gasteiger partial charge in [-0.3, -0.25) is 9.78 Å². The van der Waals surface area contributed by atoms with Gasteiger partial charge in [-0.1, -0.05) is 18.2 Å². The molecule has 4 N–H and O–H groups in total. The highest BCUT2D eigenvalue weighted by Gasteiger charge is 2.18. The second kappa shape index (κ2) is 8.34. The van der Waals surface area contributed by atoms with Gasteiger partial charge in [-0.05, 0) is 30.3 Å². The molecule has 29 heavy (non-hydrogen) atoms. The average Bonchev–Trinajstić information content (AvgIpc) is 3.13. The second-order valence-electron chi connectivity index (χ2n) is 6.33. The number of nitrogens with zero attached hydrogens (tertiary/aromatic N) is 4. The highest BCUT2D eigenvalue weighted by Crippen LogP contribution is 2.24. The molecule has 4 aromatic rings. The van der Waals surface area contributed by atoms with Crippen molar-refractivity contribution in [3.8, 4) is 5.69 Å². The number of pyridine rings is 2. The minimum atomic E-state index is -0.922. The number of primary amides is 1. The number of hydrogen-bond acceptors (Lipinski definition) is 5. The molecule has 9 heteroatoms. The summed E-state index contributed by atoms with van der Waals surface area (Å²) in [6.45, 7) is 0. The van der Waals surface area contributed by atoms with Gasteiger partial charge >= 0.3 is 0 Å². The zero-order valence-corrected chi connectivity index (χ0v) is 16.0. The van der Waals surface area contributed by atoms with E-state index in [4.69, 9.17) is 11.5 Å². The van der Waals surface area contributed by atoms with Crippen LogP contribution >= 0.6 is 12.4 Å². The zero-order chi connectivity index (χ0) is 19.7. The van der Waals surface area contributed by atoms with E-state index in [1.807, 2.05) is 36.4 Å². The third kappa shape index (κ3) is 3.94. The van der Waals surface area contributed by atoms with Gasteiger partial charge in [0.1, 0.15) is 0 Å². The number of nitrogens with two attached hydrogens (primary N) is 2. The van der Waals surface area contributed by atoms with Crippen LogP contribution in [0.3, 0.4) is 0 Å². The third-order valence-electron chi connectivity index (χ3n) is 4.44. The molecule has 1 amide bonds. The highest BCUT2D eigenvalue weighted by molar-refractivity contribution is 5.91. The van der Waals surface area contributed by atoms with Crippen molar-refractivity contribution < 1.29 is 9.18 Å². The molecule has 0 bridgehead atoms. The number of para-hydroxylation sites is 1. The standard InChI is InChI=1S/C20H17FN6O.ClH/c21-14-8-7-13(26-18(14)20(23)28)10-15(22)19-17(6-3-9-24-19)27-16-5-2-1-4-12(16)11-25-27;/h1-9,11,15H,10,22H2,(H2,23,28);1H/t15-;/m0./s1. The molecule has 1 aromatic carbocycles. The minimum Gasteiger partial charge on any atom is -0.364 e. The van der Waals surface area contributed by atoms with Crippen molar-refractivity contribution >= 4 is 29.2 Å². The maximum absolute atomic E-state index is 13.7. The Balaban J connectivity index is 0.00000240. The number of fused-ring (bicyclic) bond motifs is 1. The van der Waals surface area contributed by atoms with Crippen molar-refractivity contribution in [2.24, 2.45) is 11.5 Å². The van der Waals surface area contributed by atoms with Gasteiger partial charge in [0.05, 0.1) is 29.1 Å². The molecule has 148 valence electrons. The van der Waals surface area contributed by atoms with E-state index < -0.39 is 23.5 Å². The van der Waals surface area contributed by atoms with Crippen molar-refractivity contribution in [1.29, 1.82) is 0 Å². The van der Waals surface area contributed by atoms with Crippen LogP contribution in [0.5, 0.6) is 0 Å². The zero-order valence-electron chi connectivity index (χ0n) is 15.2. The fourth-order valence-corrected chi connectivity index (χ4v) is 3.13. The van der Waals surface area contributed by atoms with Crippen LogP contribution in [-0.2, 0) is 6.42 Å². The number of benzene rings is 1. The Morgan fingerprint density at radius 2 is 1.93 bits per heavy atom. The van der Waals surface area contributed by atoms with Gasteiger partial charge in [0.25, 0.3) is 5.91 Å². The molecule has 0 radical (unpaired) electrons. The van der Waals surface area contributed by atoms with E-state index in [1.165, 1.54) is 6.07 Å². The van der Waals surface area contributed by atoms with E-state index in [1.54, 1.807) is 17.1 Å². The lowest BCUT2D eigenvalue weighted by atomic mass is 10.1. The van der Waals surface area contributed by atoms with Gasteiger partial charge in [-0.25, -0.2) is 14.1 Å². The van der Waals surface area contributed by atoms with Crippen LogP contribution in [0.2, 0.25) is 0 Å². The van der Waals surface area contributed by atoms with Gasteiger partial charge in [0.15, 0.2) is 11.5 Å². The van der Waals surface area contributed by atoms with E-state index >= 15 is 0 Å². The molecular formula is C20H18ClFN6O. The van der Waals surface area contributed by atoms with Crippen LogP contribution in [0.25, 0.3) is 16.6 Å². The molecule has 3 heterocycles. The first kappa shape index (κ1) is 20.4. The molecule has 0 aliphatic rings. The van der Waals surface area contributed by atoms with Gasteiger partial charge in [0.2, 0.25) is 0 Å². The third-order valence-corrected chi connectivity index (χ3v) is 4.44. The van der Waals surface area contributed by atoms with E-state index in [0.29, 0.717) is 11.4 Å². The largest absolute Gasteiger partial charge is 0.364 e. The van der Waals surface area contributed by atoms with E-state index in [2.05, 4.69) is 15.1 Å². The predicted octanol–water partition coefficient (Wildman–Crippen LogP) is 2.72. The Morgan fingerprint density at radius 1 is 1.14 bits per heavy atom. The summed E-state index contributed by atoms with van der Waals surface area (Å²) in [6, 6.07) is 13.6. The van der Waals surface area contributed by atoms with E-state index in [0.717, 1.165) is 22.7 Å². The summed E-state index contributed by atoms with van der Waals surface area (Å²) >= 11 is 0. The number of hydrogen-bond donors (Lipinski definition) is 2. The fourth-order valence-electron chi connectivity index (χ4n) is 3.13. The van der Waals surface area contributed by atoms with Crippen LogP contribution in [0.4, 0.5) is 4.39 Å². The SMILES string of the molecule is Cl.NC(=O)c1nc(C[C@H](N)c2ncccc2-n2ncc3ccccc32)ccc1F. The summed E-state index contributed by atoms with van der Waals surface area (Å²) < 4.78 is 15.4. The Bertz CT molecular complexity index is 1180. The summed E-state index contributed by atoms with van der Waals surface area (Å²) in [5, 5.41) is 5.46. The monoisotopic (exact) mass is 412 g/mol. The molecule has 4 rings (SSSR count). The van der Waals surface area contributed by atoms with Crippen LogP contribution in [-0.4, -0.2) is 25.7 Å². The highest BCUT2D eigenvalue weighted by atomic mass is 35.5. The first-order valence-corrected chi connectivity index (χ1v) is 8.63. The van der Waals surface area contributed by atoms with Gasteiger partial charge in [-0.2, -0.15) is 5.10 Å². The quantitative estimate of drug-likeness (QED) is 0.523. The van der Waals surface area contributed by atoms with Crippen LogP contribution in [0, 0.1) is 5.82 Å². The lowest BCUT2D eigenvalue weighted by Gasteiger charge is -2.16. The van der Waals surface area contributed by atoms with Crippen LogP contribution in [0.1, 0.15) is 27.9 Å². The van der Waals surface area contributed by atoms with Gasteiger partial charge in [-0.15, -0.1) is 12.4 Å². The Kier molecular flexibility index (Phi) is 5.86.